The Balaban J connectivity index is 1.83. The molecule has 2 rings (SSSR count). The van der Waals surface area contributed by atoms with Gasteiger partial charge < -0.3 is 9.64 Å². The molecular weight excluding hydrogens is 190 g/mol. The lowest BCUT2D eigenvalue weighted by atomic mass is 10.0. The molecule has 4 nitrogen and oxygen atoms in total. The molecule has 84 valence electrons. The van der Waals surface area contributed by atoms with Gasteiger partial charge in [-0.15, -0.1) is 0 Å². The van der Waals surface area contributed by atoms with Gasteiger partial charge in [0.2, 0.25) is 0 Å². The molecular formula is C11H19N3O. The predicted octanol–water partition coefficient (Wildman–Crippen LogP) is 0.353. The van der Waals surface area contributed by atoms with Crippen LogP contribution in [0.3, 0.4) is 0 Å². The highest BCUT2D eigenvalue weighted by Crippen LogP contribution is 2.20. The lowest BCUT2D eigenvalue weighted by Crippen LogP contribution is -2.48. The van der Waals surface area contributed by atoms with Crippen LogP contribution in [0.1, 0.15) is 19.3 Å². The number of nitrogens with zero attached hydrogens (tertiary/aromatic N) is 2. The Labute approximate surface area is 91.2 Å². The molecule has 4 heteroatoms. The number of likely N-dealkylation sites (tertiary alicyclic amines) is 1. The highest BCUT2D eigenvalue weighted by Gasteiger charge is 2.37. The lowest BCUT2D eigenvalue weighted by Gasteiger charge is -2.24. The first kappa shape index (κ1) is 10.9. The van der Waals surface area contributed by atoms with Crippen LogP contribution in [-0.2, 0) is 4.74 Å². The van der Waals surface area contributed by atoms with E-state index in [1.54, 1.807) is 0 Å². The summed E-state index contributed by atoms with van der Waals surface area (Å²) in [6.45, 7) is 3.54. The zero-order valence-corrected chi connectivity index (χ0v) is 9.33. The standard InChI is InChI=1S/C11H19N3O/c1-14-5-4-11(8-12,9-14)13-7-10-3-2-6-15-10/h10,13H,2-7,9H2,1H3. The van der Waals surface area contributed by atoms with E-state index in [1.165, 1.54) is 0 Å². The van der Waals surface area contributed by atoms with Crippen molar-refractivity contribution < 1.29 is 4.74 Å². The molecule has 0 bridgehead atoms. The summed E-state index contributed by atoms with van der Waals surface area (Å²) in [6.07, 6.45) is 3.53. The molecule has 0 aromatic heterocycles. The molecule has 2 saturated heterocycles. The Kier molecular flexibility index (Phi) is 3.25. The number of rotatable bonds is 3. The number of likely N-dealkylation sites (N-methyl/N-ethyl adjacent to an activating group) is 1. The minimum Gasteiger partial charge on any atom is -0.377 e. The Morgan fingerprint density at radius 1 is 1.67 bits per heavy atom. The zero-order chi connectivity index (χ0) is 10.7. The fraction of sp³-hybridized carbons (Fsp3) is 0.909. The molecule has 2 fully saturated rings. The molecule has 0 saturated carbocycles. The first-order valence-corrected chi connectivity index (χ1v) is 5.70. The molecule has 1 N–H and O–H groups in total. The number of ether oxygens (including phenoxy) is 1. The molecule has 0 aliphatic carbocycles. The molecule has 0 aromatic carbocycles. The zero-order valence-electron chi connectivity index (χ0n) is 9.33. The van der Waals surface area contributed by atoms with Gasteiger partial charge in [0.15, 0.2) is 0 Å². The van der Waals surface area contributed by atoms with Gasteiger partial charge in [-0.25, -0.2) is 0 Å². The third-order valence-electron chi connectivity index (χ3n) is 3.37. The predicted molar refractivity (Wildman–Crippen MR) is 57.4 cm³/mol. The van der Waals surface area contributed by atoms with Gasteiger partial charge in [-0.2, -0.15) is 5.26 Å². The highest BCUT2D eigenvalue weighted by molar-refractivity contribution is 5.12. The van der Waals surface area contributed by atoms with Gasteiger partial charge in [-0.3, -0.25) is 5.32 Å². The molecule has 2 heterocycles. The van der Waals surface area contributed by atoms with Crippen molar-refractivity contribution >= 4 is 0 Å². The Bertz CT molecular complexity index is 257. The second kappa shape index (κ2) is 4.48. The van der Waals surface area contributed by atoms with Gasteiger partial charge in [0.25, 0.3) is 0 Å². The number of hydrogen-bond donors (Lipinski definition) is 1. The van der Waals surface area contributed by atoms with Crippen molar-refractivity contribution in [2.24, 2.45) is 0 Å². The average Bonchev–Trinajstić information content (AvgIpc) is 2.85. The maximum absolute atomic E-state index is 9.23. The van der Waals surface area contributed by atoms with Crippen LogP contribution in [0.15, 0.2) is 0 Å². The first-order valence-electron chi connectivity index (χ1n) is 5.70. The molecule has 2 unspecified atom stereocenters. The minimum atomic E-state index is -0.333. The maximum atomic E-state index is 9.23. The summed E-state index contributed by atoms with van der Waals surface area (Å²) in [6, 6.07) is 2.42. The normalized spacial score (nSPS) is 36.9. The molecule has 0 aromatic rings. The van der Waals surface area contributed by atoms with E-state index in [0.717, 1.165) is 45.5 Å². The molecule has 2 aliphatic rings. The maximum Gasteiger partial charge on any atom is 0.120 e. The van der Waals surface area contributed by atoms with Crippen LogP contribution in [0.2, 0.25) is 0 Å². The van der Waals surface area contributed by atoms with Crippen LogP contribution in [0.25, 0.3) is 0 Å². The van der Waals surface area contributed by atoms with Gasteiger partial charge in [0, 0.05) is 26.2 Å². The summed E-state index contributed by atoms with van der Waals surface area (Å²) in [5, 5.41) is 12.6. The smallest absolute Gasteiger partial charge is 0.120 e. The van der Waals surface area contributed by atoms with Crippen molar-refractivity contribution in [2.45, 2.75) is 30.9 Å². The molecule has 2 atom stereocenters. The number of nitriles is 1. The summed E-state index contributed by atoms with van der Waals surface area (Å²) in [4.78, 5) is 2.20. The van der Waals surface area contributed by atoms with E-state index in [1.807, 2.05) is 0 Å². The number of hydrogen-bond acceptors (Lipinski definition) is 4. The molecule has 2 aliphatic heterocycles. The van der Waals surface area contributed by atoms with Crippen molar-refractivity contribution in [3.8, 4) is 6.07 Å². The van der Waals surface area contributed by atoms with E-state index in [4.69, 9.17) is 4.74 Å². The Morgan fingerprint density at radius 2 is 2.53 bits per heavy atom. The van der Waals surface area contributed by atoms with Gasteiger partial charge in [-0.05, 0) is 26.3 Å². The first-order chi connectivity index (χ1) is 7.24. The fourth-order valence-electron chi connectivity index (χ4n) is 2.39. The van der Waals surface area contributed by atoms with Gasteiger partial charge >= 0.3 is 0 Å². The van der Waals surface area contributed by atoms with Crippen LogP contribution >= 0.6 is 0 Å². The van der Waals surface area contributed by atoms with Crippen molar-refractivity contribution in [2.75, 3.05) is 33.3 Å². The fourth-order valence-corrected chi connectivity index (χ4v) is 2.39. The van der Waals surface area contributed by atoms with E-state index in [0.29, 0.717) is 6.10 Å². The van der Waals surface area contributed by atoms with Crippen molar-refractivity contribution in [1.29, 1.82) is 5.26 Å². The van der Waals surface area contributed by atoms with Crippen LogP contribution in [-0.4, -0.2) is 49.8 Å². The monoisotopic (exact) mass is 209 g/mol. The van der Waals surface area contributed by atoms with Crippen molar-refractivity contribution in [3.05, 3.63) is 0 Å². The third kappa shape index (κ3) is 2.49. The summed E-state index contributed by atoms with van der Waals surface area (Å²) in [5.74, 6) is 0. The average molecular weight is 209 g/mol. The van der Waals surface area contributed by atoms with E-state index < -0.39 is 0 Å². The summed E-state index contributed by atoms with van der Waals surface area (Å²) in [7, 11) is 2.06. The van der Waals surface area contributed by atoms with E-state index >= 15 is 0 Å². The Morgan fingerprint density at radius 3 is 3.07 bits per heavy atom. The van der Waals surface area contributed by atoms with Gasteiger partial charge in [-0.1, -0.05) is 0 Å². The topological polar surface area (TPSA) is 48.3 Å². The van der Waals surface area contributed by atoms with Gasteiger partial charge in [0.05, 0.1) is 12.2 Å². The van der Waals surface area contributed by atoms with E-state index in [-0.39, 0.29) is 5.54 Å². The Hall–Kier alpha value is -0.630. The molecule has 0 spiro atoms. The van der Waals surface area contributed by atoms with Gasteiger partial charge in [0.1, 0.15) is 5.54 Å². The molecule has 0 amide bonds. The van der Waals surface area contributed by atoms with Crippen LogP contribution in [0.5, 0.6) is 0 Å². The highest BCUT2D eigenvalue weighted by atomic mass is 16.5. The summed E-state index contributed by atoms with van der Waals surface area (Å²) >= 11 is 0. The third-order valence-corrected chi connectivity index (χ3v) is 3.37. The van der Waals surface area contributed by atoms with Crippen LogP contribution < -0.4 is 5.32 Å². The summed E-state index contributed by atoms with van der Waals surface area (Å²) < 4.78 is 5.54. The molecule has 0 radical (unpaired) electrons. The van der Waals surface area contributed by atoms with Crippen molar-refractivity contribution in [1.82, 2.24) is 10.2 Å². The number of nitrogens with one attached hydrogen (secondary N) is 1. The van der Waals surface area contributed by atoms with E-state index in [9.17, 15) is 5.26 Å². The summed E-state index contributed by atoms with van der Waals surface area (Å²) in [5.41, 5.74) is -0.333. The lowest BCUT2D eigenvalue weighted by molar-refractivity contribution is 0.104. The van der Waals surface area contributed by atoms with Crippen molar-refractivity contribution in [3.63, 3.8) is 0 Å². The molecule has 15 heavy (non-hydrogen) atoms. The SMILES string of the molecule is CN1CCC(C#N)(NCC2CCCO2)C1. The second-order valence-electron chi connectivity index (χ2n) is 4.70. The van der Waals surface area contributed by atoms with Crippen LogP contribution in [0, 0.1) is 11.3 Å². The minimum absolute atomic E-state index is 0.320. The quantitative estimate of drug-likeness (QED) is 0.729. The van der Waals surface area contributed by atoms with Crippen LogP contribution in [0.4, 0.5) is 0 Å². The van der Waals surface area contributed by atoms with E-state index in [2.05, 4.69) is 23.3 Å². The second-order valence-corrected chi connectivity index (χ2v) is 4.70. The largest absolute Gasteiger partial charge is 0.377 e.